The molecule has 3 rings (SSSR count). The van der Waals surface area contributed by atoms with Crippen LogP contribution in [-0.2, 0) is 18.0 Å². The first-order valence-electron chi connectivity index (χ1n) is 8.67. The minimum Gasteiger partial charge on any atom is -0.482 e. The van der Waals surface area contributed by atoms with E-state index in [1.54, 1.807) is 24.3 Å². The molecule has 0 aliphatic rings. The van der Waals surface area contributed by atoms with Gasteiger partial charge >= 0.3 is 11.9 Å². The van der Waals surface area contributed by atoms with Crippen LogP contribution in [0.25, 0.3) is 5.69 Å². The van der Waals surface area contributed by atoms with Crippen molar-refractivity contribution < 1.29 is 27.4 Å². The minimum absolute atomic E-state index is 0.00353. The molecule has 0 saturated heterocycles. The molecular formula is C20H14BrF3N2O5. The number of para-hydroxylation sites is 2. The van der Waals surface area contributed by atoms with Crippen LogP contribution in [-0.4, -0.2) is 22.0 Å². The molecular weight excluding hydrogens is 485 g/mol. The van der Waals surface area contributed by atoms with Crippen molar-refractivity contribution in [3.8, 4) is 22.9 Å². The first-order valence-corrected chi connectivity index (χ1v) is 9.46. The van der Waals surface area contributed by atoms with Crippen LogP contribution < -0.4 is 20.7 Å². The summed E-state index contributed by atoms with van der Waals surface area (Å²) in [4.78, 5) is 35.4. The average molecular weight is 499 g/mol. The number of benzene rings is 2. The van der Waals surface area contributed by atoms with E-state index in [4.69, 9.17) is 9.47 Å². The van der Waals surface area contributed by atoms with E-state index in [1.165, 1.54) is 18.2 Å². The highest BCUT2D eigenvalue weighted by molar-refractivity contribution is 9.10. The number of hydrogen-bond donors (Lipinski definition) is 0. The van der Waals surface area contributed by atoms with Crippen LogP contribution in [0.1, 0.15) is 5.69 Å². The number of rotatable bonds is 6. The summed E-state index contributed by atoms with van der Waals surface area (Å²) in [6, 6.07) is 11.0. The molecule has 7 nitrogen and oxygen atoms in total. The molecule has 0 saturated carbocycles. The van der Waals surface area contributed by atoms with Crippen LogP contribution in [0.15, 0.2) is 62.6 Å². The van der Waals surface area contributed by atoms with Gasteiger partial charge in [0.15, 0.2) is 17.8 Å². The summed E-state index contributed by atoms with van der Waals surface area (Å²) in [6.07, 6.45) is -4.29. The van der Waals surface area contributed by atoms with Crippen molar-refractivity contribution >= 4 is 22.2 Å². The SMILES string of the molecule is Cn1c(C(F)(F)F)cc(=O)n(-c2ccc(Br)c(Oc3ccccc3OCC=O)c2)c1=O. The number of carbonyl (C=O) groups is 1. The van der Waals surface area contributed by atoms with Gasteiger partial charge in [0.1, 0.15) is 18.1 Å². The summed E-state index contributed by atoms with van der Waals surface area (Å²) in [5, 5.41) is 0. The Balaban J connectivity index is 2.08. The number of hydrogen-bond acceptors (Lipinski definition) is 5. The van der Waals surface area contributed by atoms with Gasteiger partial charge in [0.2, 0.25) is 0 Å². The molecule has 1 aromatic heterocycles. The summed E-state index contributed by atoms with van der Waals surface area (Å²) < 4.78 is 51.7. The predicted molar refractivity (Wildman–Crippen MR) is 108 cm³/mol. The van der Waals surface area contributed by atoms with E-state index in [0.29, 0.717) is 26.0 Å². The van der Waals surface area contributed by atoms with Gasteiger partial charge in [-0.15, -0.1) is 0 Å². The lowest BCUT2D eigenvalue weighted by Crippen LogP contribution is -2.40. The lowest BCUT2D eigenvalue weighted by molar-refractivity contribution is -0.144. The highest BCUT2D eigenvalue weighted by atomic mass is 79.9. The molecule has 0 amide bonds. The second kappa shape index (κ2) is 8.80. The van der Waals surface area contributed by atoms with Crippen LogP contribution in [0, 0.1) is 0 Å². The third kappa shape index (κ3) is 4.71. The van der Waals surface area contributed by atoms with Crippen molar-refractivity contribution in [3.63, 3.8) is 0 Å². The molecule has 0 radical (unpaired) electrons. The highest BCUT2D eigenvalue weighted by Crippen LogP contribution is 2.36. The van der Waals surface area contributed by atoms with Crippen molar-refractivity contribution in [3.05, 3.63) is 79.5 Å². The standard InChI is InChI=1S/C20H14BrF3N2O5/c1-25-17(20(22,23)24)11-18(28)26(19(25)29)12-6-7-13(21)16(10-12)31-15-5-3-2-4-14(15)30-9-8-27/h2-8,10-11H,9H2,1H3. The Morgan fingerprint density at radius 1 is 1.03 bits per heavy atom. The number of aldehydes is 1. The molecule has 1 heterocycles. The normalized spacial score (nSPS) is 11.3. The van der Waals surface area contributed by atoms with Crippen molar-refractivity contribution in [1.29, 1.82) is 0 Å². The number of ether oxygens (including phenoxy) is 2. The van der Waals surface area contributed by atoms with E-state index < -0.39 is 23.1 Å². The number of alkyl halides is 3. The Bertz CT molecular complexity index is 1250. The van der Waals surface area contributed by atoms with Gasteiger partial charge in [-0.3, -0.25) is 14.2 Å². The van der Waals surface area contributed by atoms with Gasteiger partial charge in [-0.25, -0.2) is 9.36 Å². The molecule has 2 aromatic carbocycles. The van der Waals surface area contributed by atoms with Crippen LogP contribution in [0.3, 0.4) is 0 Å². The van der Waals surface area contributed by atoms with Gasteiger partial charge in [0.25, 0.3) is 5.56 Å². The molecule has 0 atom stereocenters. The van der Waals surface area contributed by atoms with Crippen molar-refractivity contribution in [1.82, 2.24) is 9.13 Å². The monoisotopic (exact) mass is 498 g/mol. The summed E-state index contributed by atoms with van der Waals surface area (Å²) in [6.45, 7) is -0.196. The zero-order valence-electron chi connectivity index (χ0n) is 15.9. The summed E-state index contributed by atoms with van der Waals surface area (Å²) in [5.74, 6) is 0.679. The van der Waals surface area contributed by atoms with Gasteiger partial charge < -0.3 is 9.47 Å². The van der Waals surface area contributed by atoms with Gasteiger partial charge in [-0.2, -0.15) is 13.2 Å². The van der Waals surface area contributed by atoms with E-state index in [-0.39, 0.29) is 29.5 Å². The molecule has 0 N–H and O–H groups in total. The van der Waals surface area contributed by atoms with Crippen molar-refractivity contribution in [2.24, 2.45) is 7.05 Å². The molecule has 3 aromatic rings. The van der Waals surface area contributed by atoms with E-state index >= 15 is 0 Å². The second-order valence-electron chi connectivity index (χ2n) is 6.18. The van der Waals surface area contributed by atoms with Gasteiger partial charge in [-0.05, 0) is 40.2 Å². The zero-order valence-corrected chi connectivity index (χ0v) is 17.4. The molecule has 11 heteroatoms. The maximum absolute atomic E-state index is 13.1. The molecule has 0 bridgehead atoms. The summed E-state index contributed by atoms with van der Waals surface area (Å²) >= 11 is 3.29. The van der Waals surface area contributed by atoms with Gasteiger partial charge in [0.05, 0.1) is 10.2 Å². The Kier molecular flexibility index (Phi) is 6.34. The number of nitrogens with zero attached hydrogens (tertiary/aromatic N) is 2. The van der Waals surface area contributed by atoms with Gasteiger partial charge in [-0.1, -0.05) is 12.1 Å². The number of carbonyl (C=O) groups excluding carboxylic acids is 1. The van der Waals surface area contributed by atoms with Crippen molar-refractivity contribution in [2.75, 3.05) is 6.61 Å². The lowest BCUT2D eigenvalue weighted by atomic mass is 10.2. The van der Waals surface area contributed by atoms with E-state index in [1.807, 2.05) is 0 Å². The first-order chi connectivity index (χ1) is 14.6. The van der Waals surface area contributed by atoms with Gasteiger partial charge in [0, 0.05) is 19.2 Å². The quantitative estimate of drug-likeness (QED) is 0.484. The molecule has 0 unspecified atom stereocenters. The topological polar surface area (TPSA) is 79.5 Å². The average Bonchev–Trinajstić information content (AvgIpc) is 2.71. The van der Waals surface area contributed by atoms with E-state index in [9.17, 15) is 27.6 Å². The Morgan fingerprint density at radius 2 is 1.71 bits per heavy atom. The molecule has 0 fully saturated rings. The number of halogens is 4. The third-order valence-electron chi connectivity index (χ3n) is 4.16. The molecule has 0 aliphatic heterocycles. The summed E-state index contributed by atoms with van der Waals surface area (Å²) in [5.41, 5.74) is -3.65. The van der Waals surface area contributed by atoms with Crippen LogP contribution >= 0.6 is 15.9 Å². The van der Waals surface area contributed by atoms with Crippen molar-refractivity contribution in [2.45, 2.75) is 6.18 Å². The highest BCUT2D eigenvalue weighted by Gasteiger charge is 2.35. The number of aromatic nitrogens is 2. The Morgan fingerprint density at radius 3 is 2.35 bits per heavy atom. The fraction of sp³-hybridized carbons (Fsp3) is 0.150. The molecule has 162 valence electrons. The first kappa shape index (κ1) is 22.3. The maximum atomic E-state index is 13.1. The fourth-order valence-electron chi connectivity index (χ4n) is 2.74. The Hall–Kier alpha value is -3.34. The van der Waals surface area contributed by atoms with Crippen LogP contribution in [0.2, 0.25) is 0 Å². The largest absolute Gasteiger partial charge is 0.482 e. The zero-order chi connectivity index (χ0) is 22.8. The summed E-state index contributed by atoms with van der Waals surface area (Å²) in [7, 11) is 0.929. The fourth-order valence-corrected chi connectivity index (χ4v) is 3.07. The van der Waals surface area contributed by atoms with Crippen LogP contribution in [0.5, 0.6) is 17.2 Å². The maximum Gasteiger partial charge on any atom is 0.431 e. The second-order valence-corrected chi connectivity index (χ2v) is 7.04. The molecule has 0 aliphatic carbocycles. The minimum atomic E-state index is -4.86. The molecule has 0 spiro atoms. The van der Waals surface area contributed by atoms with E-state index in [2.05, 4.69) is 15.9 Å². The smallest absolute Gasteiger partial charge is 0.431 e. The van der Waals surface area contributed by atoms with E-state index in [0.717, 1.165) is 7.05 Å². The molecule has 31 heavy (non-hydrogen) atoms. The third-order valence-corrected chi connectivity index (χ3v) is 4.81. The Labute approximate surface area is 181 Å². The van der Waals surface area contributed by atoms with Crippen LogP contribution in [0.4, 0.5) is 13.2 Å². The predicted octanol–water partition coefficient (Wildman–Crippen LogP) is 3.69. The lowest BCUT2D eigenvalue weighted by Gasteiger charge is -2.15.